The van der Waals surface area contributed by atoms with Crippen molar-refractivity contribution in [2.45, 2.75) is 12.5 Å². The van der Waals surface area contributed by atoms with Crippen LogP contribution in [0.2, 0.25) is 0 Å². The third-order valence-electron chi connectivity index (χ3n) is 5.74. The second-order valence-electron chi connectivity index (χ2n) is 7.85. The van der Waals surface area contributed by atoms with Crippen molar-refractivity contribution < 1.29 is 14.6 Å². The Labute approximate surface area is 191 Å². The van der Waals surface area contributed by atoms with Crippen LogP contribution in [0.4, 0.5) is 16.3 Å². The SMILES string of the molecule is O=C(Nc1ccc(N2CCOCC2)nc1)N1N=C(c2cccnc2)CC1c1ccccc1O. The number of nitrogens with zero attached hydrogens (tertiary/aromatic N) is 5. The maximum atomic E-state index is 13.2. The average molecular weight is 444 g/mol. The van der Waals surface area contributed by atoms with Crippen LogP contribution in [0.3, 0.4) is 0 Å². The van der Waals surface area contributed by atoms with Crippen LogP contribution in [0.1, 0.15) is 23.6 Å². The summed E-state index contributed by atoms with van der Waals surface area (Å²) in [6.07, 6.45) is 5.51. The Morgan fingerprint density at radius 2 is 1.91 bits per heavy atom. The van der Waals surface area contributed by atoms with Crippen molar-refractivity contribution in [3.63, 3.8) is 0 Å². The number of hydrogen-bond donors (Lipinski definition) is 2. The number of hydrogen-bond acceptors (Lipinski definition) is 7. The number of carbonyl (C=O) groups is 1. The van der Waals surface area contributed by atoms with E-state index in [-0.39, 0.29) is 5.75 Å². The summed E-state index contributed by atoms with van der Waals surface area (Å²) >= 11 is 0. The number of benzene rings is 1. The number of urea groups is 1. The van der Waals surface area contributed by atoms with E-state index in [4.69, 9.17) is 4.74 Å². The van der Waals surface area contributed by atoms with Crippen molar-refractivity contribution in [1.29, 1.82) is 0 Å². The normalized spacial score (nSPS) is 18.2. The first-order chi connectivity index (χ1) is 16.2. The molecule has 0 saturated carbocycles. The van der Waals surface area contributed by atoms with Gasteiger partial charge in [-0.3, -0.25) is 4.98 Å². The van der Waals surface area contributed by atoms with Gasteiger partial charge in [-0.1, -0.05) is 24.3 Å². The van der Waals surface area contributed by atoms with E-state index in [2.05, 4.69) is 25.3 Å². The van der Waals surface area contributed by atoms with Gasteiger partial charge in [-0.2, -0.15) is 5.10 Å². The lowest BCUT2D eigenvalue weighted by Crippen LogP contribution is -2.36. The maximum absolute atomic E-state index is 13.2. The fourth-order valence-corrected chi connectivity index (χ4v) is 4.04. The molecule has 33 heavy (non-hydrogen) atoms. The number of hydrazone groups is 1. The molecule has 3 aromatic rings. The first kappa shape index (κ1) is 20.9. The predicted molar refractivity (Wildman–Crippen MR) is 124 cm³/mol. The van der Waals surface area contributed by atoms with Gasteiger partial charge in [-0.25, -0.2) is 14.8 Å². The summed E-state index contributed by atoms with van der Waals surface area (Å²) in [5.74, 6) is 0.973. The average Bonchev–Trinajstić information content (AvgIpc) is 3.31. The van der Waals surface area contributed by atoms with Gasteiger partial charge in [0.05, 0.1) is 36.9 Å². The standard InChI is InChI=1S/C24H24N6O3/c31-22-6-2-1-5-19(22)21-14-20(17-4-3-9-25-15-17)28-30(21)24(32)27-18-7-8-23(26-16-18)29-10-12-33-13-11-29/h1-9,15-16,21,31H,10-14H2,(H,27,32). The third-order valence-corrected chi connectivity index (χ3v) is 5.74. The topological polar surface area (TPSA) is 103 Å². The molecule has 9 heteroatoms. The fraction of sp³-hybridized carbons (Fsp3) is 0.250. The molecule has 168 valence electrons. The number of rotatable bonds is 4. The molecule has 0 bridgehead atoms. The van der Waals surface area contributed by atoms with Crippen LogP contribution in [0.15, 0.2) is 72.2 Å². The molecule has 1 atom stereocenters. The van der Waals surface area contributed by atoms with E-state index in [1.165, 1.54) is 5.01 Å². The quantitative estimate of drug-likeness (QED) is 0.639. The number of ether oxygens (including phenoxy) is 1. The minimum Gasteiger partial charge on any atom is -0.508 e. The van der Waals surface area contributed by atoms with E-state index in [9.17, 15) is 9.90 Å². The minimum atomic E-state index is -0.443. The molecule has 0 aliphatic carbocycles. The van der Waals surface area contributed by atoms with E-state index in [1.807, 2.05) is 30.3 Å². The zero-order valence-electron chi connectivity index (χ0n) is 18.0. The summed E-state index contributed by atoms with van der Waals surface area (Å²) in [5.41, 5.74) is 2.77. The summed E-state index contributed by atoms with van der Waals surface area (Å²) in [6.45, 7) is 2.95. The smallest absolute Gasteiger partial charge is 0.342 e. The molecular weight excluding hydrogens is 420 g/mol. The Kier molecular flexibility index (Phi) is 5.86. The maximum Gasteiger partial charge on any atom is 0.342 e. The van der Waals surface area contributed by atoms with E-state index >= 15 is 0 Å². The molecule has 2 amide bonds. The van der Waals surface area contributed by atoms with Gasteiger partial charge in [-0.05, 0) is 24.3 Å². The van der Waals surface area contributed by atoms with Crippen LogP contribution in [0.25, 0.3) is 0 Å². The molecule has 0 spiro atoms. The highest BCUT2D eigenvalue weighted by molar-refractivity contribution is 6.04. The molecule has 9 nitrogen and oxygen atoms in total. The molecule has 5 rings (SSSR count). The summed E-state index contributed by atoms with van der Waals surface area (Å²) in [5, 5.41) is 19.3. The number of phenolic OH excluding ortho intramolecular Hbond substituents is 1. The molecule has 1 unspecified atom stereocenters. The molecular formula is C24H24N6O3. The lowest BCUT2D eigenvalue weighted by atomic mass is 9.98. The number of morpholine rings is 1. The van der Waals surface area contributed by atoms with Crippen molar-refractivity contribution in [2.24, 2.45) is 5.10 Å². The monoisotopic (exact) mass is 444 g/mol. The molecule has 2 aliphatic heterocycles. The second-order valence-corrected chi connectivity index (χ2v) is 7.85. The third kappa shape index (κ3) is 4.49. The number of amides is 2. The van der Waals surface area contributed by atoms with Gasteiger partial charge in [0, 0.05) is 43.0 Å². The molecule has 2 aromatic heterocycles. The van der Waals surface area contributed by atoms with E-state index in [0.717, 1.165) is 30.2 Å². The summed E-state index contributed by atoms with van der Waals surface area (Å²) in [6, 6.07) is 13.6. The lowest BCUT2D eigenvalue weighted by molar-refractivity contribution is 0.122. The first-order valence-corrected chi connectivity index (χ1v) is 10.8. The van der Waals surface area contributed by atoms with Gasteiger partial charge in [0.1, 0.15) is 11.6 Å². The Hall–Kier alpha value is -3.98. The largest absolute Gasteiger partial charge is 0.508 e. The fourth-order valence-electron chi connectivity index (χ4n) is 4.04. The predicted octanol–water partition coefficient (Wildman–Crippen LogP) is 3.40. The van der Waals surface area contributed by atoms with Crippen molar-refractivity contribution in [3.05, 3.63) is 78.2 Å². The molecule has 0 radical (unpaired) electrons. The van der Waals surface area contributed by atoms with E-state index in [0.29, 0.717) is 30.9 Å². The number of nitrogens with one attached hydrogen (secondary N) is 1. The Balaban J connectivity index is 1.37. The number of aromatic hydroxyl groups is 1. The lowest BCUT2D eigenvalue weighted by Gasteiger charge is -2.28. The second kappa shape index (κ2) is 9.25. The van der Waals surface area contributed by atoms with Gasteiger partial charge < -0.3 is 20.1 Å². The summed E-state index contributed by atoms with van der Waals surface area (Å²) in [4.78, 5) is 24.0. The van der Waals surface area contributed by atoms with E-state index in [1.54, 1.807) is 36.8 Å². The number of phenols is 1. The highest BCUT2D eigenvalue weighted by Crippen LogP contribution is 2.37. The molecule has 1 aromatic carbocycles. The number of pyridine rings is 2. The summed E-state index contributed by atoms with van der Waals surface area (Å²) in [7, 11) is 0. The van der Waals surface area contributed by atoms with Gasteiger partial charge in [0.2, 0.25) is 0 Å². The van der Waals surface area contributed by atoms with Crippen LogP contribution >= 0.6 is 0 Å². The Bertz CT molecular complexity index is 1150. The van der Waals surface area contributed by atoms with Crippen LogP contribution in [0.5, 0.6) is 5.75 Å². The van der Waals surface area contributed by atoms with Crippen molar-refractivity contribution >= 4 is 23.2 Å². The van der Waals surface area contributed by atoms with E-state index < -0.39 is 12.1 Å². The van der Waals surface area contributed by atoms with Crippen LogP contribution in [0, 0.1) is 0 Å². The molecule has 2 aliphatic rings. The molecule has 1 fully saturated rings. The highest BCUT2D eigenvalue weighted by Gasteiger charge is 2.34. The van der Waals surface area contributed by atoms with Crippen LogP contribution in [-0.2, 0) is 4.74 Å². The number of para-hydroxylation sites is 1. The van der Waals surface area contributed by atoms with Crippen molar-refractivity contribution in [3.8, 4) is 5.75 Å². The van der Waals surface area contributed by atoms with Crippen LogP contribution < -0.4 is 10.2 Å². The van der Waals surface area contributed by atoms with Gasteiger partial charge in [-0.15, -0.1) is 0 Å². The first-order valence-electron chi connectivity index (χ1n) is 10.8. The Morgan fingerprint density at radius 1 is 1.06 bits per heavy atom. The van der Waals surface area contributed by atoms with Crippen LogP contribution in [-0.4, -0.2) is 58.1 Å². The zero-order chi connectivity index (χ0) is 22.6. The minimum absolute atomic E-state index is 0.125. The number of aromatic nitrogens is 2. The number of carbonyl (C=O) groups excluding carboxylic acids is 1. The van der Waals surface area contributed by atoms with Crippen molar-refractivity contribution in [2.75, 3.05) is 36.5 Å². The van der Waals surface area contributed by atoms with Gasteiger partial charge >= 0.3 is 6.03 Å². The Morgan fingerprint density at radius 3 is 2.64 bits per heavy atom. The molecule has 2 N–H and O–H groups in total. The van der Waals surface area contributed by atoms with Gasteiger partial charge in [0.15, 0.2) is 0 Å². The van der Waals surface area contributed by atoms with Gasteiger partial charge in [0.25, 0.3) is 0 Å². The molecule has 1 saturated heterocycles. The summed E-state index contributed by atoms with van der Waals surface area (Å²) < 4.78 is 5.38. The molecule has 4 heterocycles. The highest BCUT2D eigenvalue weighted by atomic mass is 16.5. The van der Waals surface area contributed by atoms with Crippen molar-refractivity contribution in [1.82, 2.24) is 15.0 Å². The zero-order valence-corrected chi connectivity index (χ0v) is 18.0. The number of anilines is 2.